The summed E-state index contributed by atoms with van der Waals surface area (Å²) in [6.07, 6.45) is 6.57. The zero-order valence-corrected chi connectivity index (χ0v) is 13.5. The van der Waals surface area contributed by atoms with Crippen LogP contribution >= 0.6 is 11.8 Å². The van der Waals surface area contributed by atoms with E-state index in [1.165, 1.54) is 0 Å². The maximum atomic E-state index is 12.1. The molecule has 4 nitrogen and oxygen atoms in total. The molecule has 0 bridgehead atoms. The van der Waals surface area contributed by atoms with E-state index in [-0.39, 0.29) is 18.1 Å². The van der Waals surface area contributed by atoms with Gasteiger partial charge in [0.15, 0.2) is 0 Å². The predicted molar refractivity (Wildman–Crippen MR) is 85.9 cm³/mol. The molecule has 0 aliphatic rings. The number of pyridine rings is 1. The Balaban J connectivity index is 2.56. The number of hydrogen-bond donors (Lipinski definition) is 2. The topological polar surface area (TPSA) is 54.0 Å². The monoisotopic (exact) mass is 295 g/mol. The Hall–Kier alpha value is -1.23. The average molecular weight is 295 g/mol. The Kier molecular flexibility index (Phi) is 7.44. The van der Waals surface area contributed by atoms with E-state index in [9.17, 15) is 4.79 Å². The first-order valence-corrected chi connectivity index (χ1v) is 8.39. The zero-order valence-electron chi connectivity index (χ0n) is 12.7. The van der Waals surface area contributed by atoms with Crippen LogP contribution in [-0.4, -0.2) is 29.1 Å². The Bertz CT molecular complexity index is 397. The normalized spacial score (nSPS) is 13.8. The van der Waals surface area contributed by atoms with Gasteiger partial charge in [0.2, 0.25) is 0 Å². The molecule has 0 fully saturated rings. The second-order valence-electron chi connectivity index (χ2n) is 5.30. The van der Waals surface area contributed by atoms with Gasteiger partial charge in [0.05, 0.1) is 6.04 Å². The van der Waals surface area contributed by atoms with Gasteiger partial charge < -0.3 is 10.6 Å². The van der Waals surface area contributed by atoms with Crippen molar-refractivity contribution in [2.75, 3.05) is 12.0 Å². The van der Waals surface area contributed by atoms with Gasteiger partial charge in [-0.2, -0.15) is 11.8 Å². The number of urea groups is 1. The second-order valence-corrected chi connectivity index (χ2v) is 6.29. The van der Waals surface area contributed by atoms with Crippen molar-refractivity contribution in [3.8, 4) is 0 Å². The maximum absolute atomic E-state index is 12.1. The molecule has 0 aliphatic carbocycles. The minimum Gasteiger partial charge on any atom is -0.336 e. The molecular formula is C15H25N3OS. The van der Waals surface area contributed by atoms with E-state index >= 15 is 0 Å². The van der Waals surface area contributed by atoms with Crippen molar-refractivity contribution < 1.29 is 4.79 Å². The van der Waals surface area contributed by atoms with Gasteiger partial charge in [-0.3, -0.25) is 4.98 Å². The summed E-state index contributed by atoms with van der Waals surface area (Å²) in [5.41, 5.74) is 1.09. The third-order valence-corrected chi connectivity index (χ3v) is 3.79. The number of hydrogen-bond acceptors (Lipinski definition) is 3. The average Bonchev–Trinajstić information content (AvgIpc) is 2.43. The van der Waals surface area contributed by atoms with Crippen LogP contribution in [-0.2, 0) is 0 Å². The third kappa shape index (κ3) is 5.82. The molecule has 1 aromatic heterocycles. The molecule has 1 heterocycles. The quantitative estimate of drug-likeness (QED) is 0.812. The molecule has 0 saturated heterocycles. The predicted octanol–water partition coefficient (Wildman–Crippen LogP) is 3.22. The number of carbonyl (C=O) groups excluding carboxylic acids is 1. The Labute approximate surface area is 126 Å². The number of amides is 2. The molecule has 0 aliphatic heterocycles. The van der Waals surface area contributed by atoms with E-state index in [0.29, 0.717) is 5.92 Å². The number of thioether (sulfide) groups is 1. The zero-order chi connectivity index (χ0) is 15.0. The molecule has 0 saturated carbocycles. The number of rotatable bonds is 7. The van der Waals surface area contributed by atoms with Crippen LogP contribution in [0, 0.1) is 5.92 Å². The number of nitrogens with one attached hydrogen (secondary N) is 2. The van der Waals surface area contributed by atoms with Crippen LogP contribution in [0.3, 0.4) is 0 Å². The molecule has 0 unspecified atom stereocenters. The molecule has 0 spiro atoms. The molecular weight excluding hydrogens is 270 g/mol. The van der Waals surface area contributed by atoms with Crippen molar-refractivity contribution in [2.45, 2.75) is 39.3 Å². The fourth-order valence-electron chi connectivity index (χ4n) is 1.98. The lowest BCUT2D eigenvalue weighted by Crippen LogP contribution is -2.43. The summed E-state index contributed by atoms with van der Waals surface area (Å²) < 4.78 is 0. The van der Waals surface area contributed by atoms with Gasteiger partial charge in [0.25, 0.3) is 0 Å². The van der Waals surface area contributed by atoms with E-state index in [4.69, 9.17) is 0 Å². The van der Waals surface area contributed by atoms with E-state index < -0.39 is 0 Å². The molecule has 2 atom stereocenters. The molecule has 2 N–H and O–H groups in total. The molecule has 0 aromatic carbocycles. The highest BCUT2D eigenvalue weighted by atomic mass is 32.2. The maximum Gasteiger partial charge on any atom is 0.315 e. The molecule has 112 valence electrons. The molecule has 1 aromatic rings. The minimum atomic E-state index is -0.103. The number of aromatic nitrogens is 1. The van der Waals surface area contributed by atoms with Crippen molar-refractivity contribution in [2.24, 2.45) is 5.92 Å². The first kappa shape index (κ1) is 16.8. The minimum absolute atomic E-state index is 0.00532. The fourth-order valence-corrected chi connectivity index (χ4v) is 2.57. The van der Waals surface area contributed by atoms with Gasteiger partial charge in [-0.25, -0.2) is 4.79 Å². The molecule has 2 amide bonds. The first-order chi connectivity index (χ1) is 9.54. The smallest absolute Gasteiger partial charge is 0.315 e. The van der Waals surface area contributed by atoms with Crippen LogP contribution in [0.5, 0.6) is 0 Å². The van der Waals surface area contributed by atoms with Crippen molar-refractivity contribution in [3.63, 3.8) is 0 Å². The Morgan fingerprint density at radius 1 is 1.25 bits per heavy atom. The van der Waals surface area contributed by atoms with E-state index in [1.54, 1.807) is 24.2 Å². The molecule has 1 rings (SSSR count). The standard InChI is InChI=1S/C15H25N3OS/c1-11(2)14(13-5-8-16-9-6-13)18-15(19)17-12(3)7-10-20-4/h5-6,8-9,11-12,14H,7,10H2,1-4H3,(H2,17,18,19)/t12-,14-/m0/s1. The van der Waals surface area contributed by atoms with Crippen LogP contribution < -0.4 is 10.6 Å². The van der Waals surface area contributed by atoms with Crippen LogP contribution in [0.1, 0.15) is 38.8 Å². The molecule has 5 heteroatoms. The largest absolute Gasteiger partial charge is 0.336 e. The van der Waals surface area contributed by atoms with Gasteiger partial charge in [-0.05, 0) is 49.0 Å². The summed E-state index contributed by atoms with van der Waals surface area (Å²) in [7, 11) is 0. The Morgan fingerprint density at radius 2 is 1.90 bits per heavy atom. The van der Waals surface area contributed by atoms with E-state index in [2.05, 4.69) is 35.7 Å². The molecule has 20 heavy (non-hydrogen) atoms. The number of carbonyl (C=O) groups is 1. The lowest BCUT2D eigenvalue weighted by Gasteiger charge is -2.24. The SMILES string of the molecule is CSCC[C@H](C)NC(=O)N[C@H](c1ccncc1)C(C)C. The van der Waals surface area contributed by atoms with Gasteiger partial charge in [0, 0.05) is 18.4 Å². The Morgan fingerprint density at radius 3 is 2.45 bits per heavy atom. The van der Waals surface area contributed by atoms with Crippen molar-refractivity contribution >= 4 is 17.8 Å². The lowest BCUT2D eigenvalue weighted by molar-refractivity contribution is 0.229. The number of nitrogens with zero attached hydrogens (tertiary/aromatic N) is 1. The summed E-state index contributed by atoms with van der Waals surface area (Å²) in [5, 5.41) is 6.05. The van der Waals surface area contributed by atoms with Gasteiger partial charge in [-0.1, -0.05) is 13.8 Å². The summed E-state index contributed by atoms with van der Waals surface area (Å²) >= 11 is 1.79. The summed E-state index contributed by atoms with van der Waals surface area (Å²) in [6, 6.07) is 3.98. The van der Waals surface area contributed by atoms with Crippen molar-refractivity contribution in [3.05, 3.63) is 30.1 Å². The van der Waals surface area contributed by atoms with Crippen LogP contribution in [0.2, 0.25) is 0 Å². The summed E-state index contributed by atoms with van der Waals surface area (Å²) in [4.78, 5) is 16.1. The second kappa shape index (κ2) is 8.84. The van der Waals surface area contributed by atoms with Gasteiger partial charge in [0.1, 0.15) is 0 Å². The summed E-state index contributed by atoms with van der Waals surface area (Å²) in [6.45, 7) is 6.23. The van der Waals surface area contributed by atoms with Crippen LogP contribution in [0.15, 0.2) is 24.5 Å². The van der Waals surface area contributed by atoms with Crippen molar-refractivity contribution in [1.82, 2.24) is 15.6 Å². The van der Waals surface area contributed by atoms with Gasteiger partial charge >= 0.3 is 6.03 Å². The highest BCUT2D eigenvalue weighted by Crippen LogP contribution is 2.20. The highest BCUT2D eigenvalue weighted by molar-refractivity contribution is 7.98. The fraction of sp³-hybridized carbons (Fsp3) is 0.600. The van der Waals surface area contributed by atoms with Crippen LogP contribution in [0.25, 0.3) is 0 Å². The van der Waals surface area contributed by atoms with E-state index in [1.807, 2.05) is 19.1 Å². The van der Waals surface area contributed by atoms with Crippen molar-refractivity contribution in [1.29, 1.82) is 0 Å². The molecule has 0 radical (unpaired) electrons. The highest BCUT2D eigenvalue weighted by Gasteiger charge is 2.18. The third-order valence-electron chi connectivity index (χ3n) is 3.15. The van der Waals surface area contributed by atoms with E-state index in [0.717, 1.165) is 17.7 Å². The summed E-state index contributed by atoms with van der Waals surface area (Å²) in [5.74, 6) is 1.38. The van der Waals surface area contributed by atoms with Gasteiger partial charge in [-0.15, -0.1) is 0 Å². The van der Waals surface area contributed by atoms with Crippen LogP contribution in [0.4, 0.5) is 4.79 Å². The lowest BCUT2D eigenvalue weighted by atomic mass is 9.97. The first-order valence-electron chi connectivity index (χ1n) is 7.00.